The summed E-state index contributed by atoms with van der Waals surface area (Å²) >= 11 is 0. The molecule has 1 N–H and O–H groups in total. The molecule has 2 aliphatic heterocycles. The Labute approximate surface area is 162 Å². The van der Waals surface area contributed by atoms with Gasteiger partial charge in [-0.3, -0.25) is 9.80 Å². The molecule has 2 fully saturated rings. The molecule has 0 aliphatic carbocycles. The summed E-state index contributed by atoms with van der Waals surface area (Å²) in [4.78, 5) is 6.92. The fourth-order valence-electron chi connectivity index (χ4n) is 4.09. The molecule has 3 heterocycles. The highest BCUT2D eigenvalue weighted by molar-refractivity contribution is 5.85. The number of piperazine rings is 1. The van der Waals surface area contributed by atoms with Crippen molar-refractivity contribution in [2.75, 3.05) is 39.3 Å². The second kappa shape index (κ2) is 8.48. The van der Waals surface area contributed by atoms with Crippen LogP contribution < -0.4 is 5.32 Å². The maximum absolute atomic E-state index is 4.70. The first kappa shape index (κ1) is 19.3. The first-order chi connectivity index (χ1) is 12.2. The van der Waals surface area contributed by atoms with Crippen LogP contribution in [-0.2, 0) is 6.54 Å². The van der Waals surface area contributed by atoms with Crippen LogP contribution in [0.2, 0.25) is 0 Å². The van der Waals surface area contributed by atoms with E-state index in [1.807, 2.05) is 6.20 Å². The summed E-state index contributed by atoms with van der Waals surface area (Å²) in [6, 6.07) is 7.14. The third-order valence-electron chi connectivity index (χ3n) is 5.28. The highest BCUT2D eigenvalue weighted by atomic mass is 35.5. The van der Waals surface area contributed by atoms with Gasteiger partial charge < -0.3 is 5.32 Å². The summed E-state index contributed by atoms with van der Waals surface area (Å²) < 4.78 is 0. The summed E-state index contributed by atoms with van der Waals surface area (Å²) in [5, 5.41) is 12.6. The Hall–Kier alpha value is -1.47. The lowest BCUT2D eigenvalue weighted by atomic mass is 10.1. The highest BCUT2D eigenvalue weighted by Crippen LogP contribution is 2.18. The maximum Gasteiger partial charge on any atom is 0.0971 e. The highest BCUT2D eigenvalue weighted by Gasteiger charge is 2.28. The van der Waals surface area contributed by atoms with E-state index < -0.39 is 0 Å². The molecular weight excluding hydrogens is 348 g/mol. The number of halogens is 1. The van der Waals surface area contributed by atoms with Crippen LogP contribution in [0.1, 0.15) is 23.2 Å². The SMILES string of the molecule is Cc1cc(C)cc(-n2ncc(CN3CCC(N4CCNCC4)C3)n2)c1.Cl. The van der Waals surface area contributed by atoms with Crippen LogP contribution in [0.5, 0.6) is 0 Å². The molecule has 0 bridgehead atoms. The zero-order valence-electron chi connectivity index (χ0n) is 15.7. The van der Waals surface area contributed by atoms with E-state index in [9.17, 15) is 0 Å². The molecule has 2 aliphatic rings. The molecule has 1 aromatic carbocycles. The molecular formula is C19H29ClN6. The number of hydrogen-bond donors (Lipinski definition) is 1. The second-order valence-electron chi connectivity index (χ2n) is 7.43. The normalized spacial score (nSPS) is 21.7. The molecule has 0 spiro atoms. The summed E-state index contributed by atoms with van der Waals surface area (Å²) in [5.74, 6) is 0. The topological polar surface area (TPSA) is 49.2 Å². The summed E-state index contributed by atoms with van der Waals surface area (Å²) in [6.07, 6.45) is 3.18. The number of nitrogens with one attached hydrogen (secondary N) is 1. The third kappa shape index (κ3) is 4.43. The Morgan fingerprint density at radius 2 is 1.81 bits per heavy atom. The molecule has 26 heavy (non-hydrogen) atoms. The predicted molar refractivity (Wildman–Crippen MR) is 106 cm³/mol. The average molecular weight is 377 g/mol. The fraction of sp³-hybridized carbons (Fsp3) is 0.579. The van der Waals surface area contributed by atoms with Crippen LogP contribution in [0.25, 0.3) is 5.69 Å². The maximum atomic E-state index is 4.70. The zero-order valence-corrected chi connectivity index (χ0v) is 16.5. The Morgan fingerprint density at radius 3 is 2.54 bits per heavy atom. The number of benzene rings is 1. The fourth-order valence-corrected chi connectivity index (χ4v) is 4.09. The van der Waals surface area contributed by atoms with Gasteiger partial charge in [-0.25, -0.2) is 0 Å². The van der Waals surface area contributed by atoms with Crippen LogP contribution in [0, 0.1) is 13.8 Å². The Bertz CT molecular complexity index is 704. The molecule has 2 saturated heterocycles. The van der Waals surface area contributed by atoms with Crippen LogP contribution in [-0.4, -0.2) is 70.1 Å². The van der Waals surface area contributed by atoms with Crippen molar-refractivity contribution in [1.29, 1.82) is 0 Å². The van der Waals surface area contributed by atoms with Gasteiger partial charge in [0.25, 0.3) is 0 Å². The minimum Gasteiger partial charge on any atom is -0.314 e. The number of rotatable bonds is 4. The lowest BCUT2D eigenvalue weighted by Crippen LogP contribution is -2.49. The van der Waals surface area contributed by atoms with Crippen LogP contribution in [0.15, 0.2) is 24.4 Å². The van der Waals surface area contributed by atoms with Crippen molar-refractivity contribution in [2.45, 2.75) is 32.9 Å². The first-order valence-corrected chi connectivity index (χ1v) is 9.34. The van der Waals surface area contributed by atoms with Crippen molar-refractivity contribution in [3.05, 3.63) is 41.2 Å². The van der Waals surface area contributed by atoms with Gasteiger partial charge in [-0.1, -0.05) is 6.07 Å². The van der Waals surface area contributed by atoms with Crippen molar-refractivity contribution >= 4 is 12.4 Å². The Kier molecular flexibility index (Phi) is 6.29. The molecule has 7 heteroatoms. The number of likely N-dealkylation sites (tertiary alicyclic amines) is 1. The largest absolute Gasteiger partial charge is 0.314 e. The van der Waals surface area contributed by atoms with Crippen molar-refractivity contribution in [3.63, 3.8) is 0 Å². The molecule has 6 nitrogen and oxygen atoms in total. The minimum absolute atomic E-state index is 0. The number of hydrogen-bond acceptors (Lipinski definition) is 5. The third-order valence-corrected chi connectivity index (χ3v) is 5.28. The van der Waals surface area contributed by atoms with Crippen LogP contribution in [0.3, 0.4) is 0 Å². The number of aromatic nitrogens is 3. The summed E-state index contributed by atoms with van der Waals surface area (Å²) in [7, 11) is 0. The summed E-state index contributed by atoms with van der Waals surface area (Å²) in [5.41, 5.74) is 4.59. The molecule has 2 aromatic rings. The van der Waals surface area contributed by atoms with Crippen molar-refractivity contribution in [3.8, 4) is 5.69 Å². The van der Waals surface area contributed by atoms with E-state index >= 15 is 0 Å². The molecule has 1 unspecified atom stereocenters. The van der Waals surface area contributed by atoms with Crippen molar-refractivity contribution in [2.24, 2.45) is 0 Å². The van der Waals surface area contributed by atoms with Gasteiger partial charge in [0.1, 0.15) is 0 Å². The lowest BCUT2D eigenvalue weighted by Gasteiger charge is -2.32. The Balaban J connectivity index is 0.00000196. The van der Waals surface area contributed by atoms with E-state index in [4.69, 9.17) is 5.10 Å². The molecule has 4 rings (SSSR count). The summed E-state index contributed by atoms with van der Waals surface area (Å²) in [6.45, 7) is 12.0. The van der Waals surface area contributed by atoms with Gasteiger partial charge in [-0.15, -0.1) is 12.4 Å². The van der Waals surface area contributed by atoms with E-state index in [-0.39, 0.29) is 12.4 Å². The van der Waals surface area contributed by atoms with Gasteiger partial charge in [-0.05, 0) is 43.5 Å². The van der Waals surface area contributed by atoms with Gasteiger partial charge in [0.2, 0.25) is 0 Å². The minimum atomic E-state index is 0. The molecule has 0 radical (unpaired) electrons. The monoisotopic (exact) mass is 376 g/mol. The predicted octanol–water partition coefficient (Wildman–Crippen LogP) is 1.79. The van der Waals surface area contributed by atoms with Gasteiger partial charge in [-0.2, -0.15) is 15.0 Å². The molecule has 142 valence electrons. The van der Waals surface area contributed by atoms with E-state index in [1.165, 1.54) is 30.6 Å². The smallest absolute Gasteiger partial charge is 0.0971 e. The van der Waals surface area contributed by atoms with Gasteiger partial charge in [0.15, 0.2) is 0 Å². The van der Waals surface area contributed by atoms with Crippen molar-refractivity contribution in [1.82, 2.24) is 30.1 Å². The zero-order chi connectivity index (χ0) is 17.2. The van der Waals surface area contributed by atoms with E-state index in [0.29, 0.717) is 6.04 Å². The van der Waals surface area contributed by atoms with E-state index in [2.05, 4.69) is 52.3 Å². The van der Waals surface area contributed by atoms with E-state index in [0.717, 1.165) is 44.1 Å². The van der Waals surface area contributed by atoms with Gasteiger partial charge in [0, 0.05) is 51.9 Å². The molecule has 0 saturated carbocycles. The first-order valence-electron chi connectivity index (χ1n) is 9.34. The van der Waals surface area contributed by atoms with Crippen LogP contribution in [0.4, 0.5) is 0 Å². The molecule has 1 atom stereocenters. The molecule has 1 aromatic heterocycles. The average Bonchev–Trinajstić information content (AvgIpc) is 3.25. The number of nitrogens with zero attached hydrogens (tertiary/aromatic N) is 5. The number of aryl methyl sites for hydroxylation is 2. The van der Waals surface area contributed by atoms with Crippen molar-refractivity contribution < 1.29 is 0 Å². The van der Waals surface area contributed by atoms with E-state index in [1.54, 1.807) is 4.80 Å². The van der Waals surface area contributed by atoms with Crippen LogP contribution >= 0.6 is 12.4 Å². The van der Waals surface area contributed by atoms with Gasteiger partial charge >= 0.3 is 0 Å². The second-order valence-corrected chi connectivity index (χ2v) is 7.43. The lowest BCUT2D eigenvalue weighted by molar-refractivity contribution is 0.170. The van der Waals surface area contributed by atoms with Gasteiger partial charge in [0.05, 0.1) is 17.6 Å². The molecule has 0 amide bonds. The Morgan fingerprint density at radius 1 is 1.08 bits per heavy atom. The quantitative estimate of drug-likeness (QED) is 0.881. The standard InChI is InChI=1S/C19H28N6.ClH/c1-15-9-16(2)11-19(10-15)25-21-12-17(22-25)13-23-6-3-18(14-23)24-7-4-20-5-8-24;/h9-12,18,20H,3-8,13-14H2,1-2H3;1H.